The number of carbonyl (C=O) groups is 1. The first-order valence-corrected chi connectivity index (χ1v) is 9.84. The van der Waals surface area contributed by atoms with Gasteiger partial charge in [0.2, 0.25) is 5.91 Å². The maximum absolute atomic E-state index is 12.4. The largest absolute Gasteiger partial charge is 0.348 e. The molecule has 1 N–H and O–H groups in total. The van der Waals surface area contributed by atoms with Gasteiger partial charge in [-0.1, -0.05) is 38.1 Å². The first-order valence-electron chi connectivity index (χ1n) is 9.84. The van der Waals surface area contributed by atoms with E-state index in [1.807, 2.05) is 6.92 Å². The van der Waals surface area contributed by atoms with Crippen molar-refractivity contribution in [1.29, 1.82) is 0 Å². The molecule has 1 atom stereocenters. The number of hydrogen-bond donors (Lipinski definition) is 1. The fourth-order valence-corrected chi connectivity index (χ4v) is 3.82. The fourth-order valence-electron chi connectivity index (χ4n) is 3.82. The molecule has 5 nitrogen and oxygen atoms in total. The zero-order chi connectivity index (χ0) is 18.6. The molecule has 2 fully saturated rings. The van der Waals surface area contributed by atoms with Crippen LogP contribution in [0.25, 0.3) is 0 Å². The molecule has 1 unspecified atom stereocenters. The topological polar surface area (TPSA) is 50.8 Å². The summed E-state index contributed by atoms with van der Waals surface area (Å²) >= 11 is 0. The first kappa shape index (κ1) is 19.3. The van der Waals surface area contributed by atoms with E-state index >= 15 is 0 Å². The highest BCUT2D eigenvalue weighted by atomic mass is 16.7. The fraction of sp³-hybridized carbons (Fsp3) is 0.667. The third-order valence-corrected chi connectivity index (χ3v) is 5.30. The predicted molar refractivity (Wildman–Crippen MR) is 102 cm³/mol. The molecule has 0 bridgehead atoms. The van der Waals surface area contributed by atoms with Gasteiger partial charge in [0, 0.05) is 25.9 Å². The van der Waals surface area contributed by atoms with Crippen molar-refractivity contribution in [3.05, 3.63) is 35.4 Å². The van der Waals surface area contributed by atoms with E-state index in [1.54, 1.807) is 0 Å². The first-order chi connectivity index (χ1) is 12.5. The van der Waals surface area contributed by atoms with Gasteiger partial charge in [0.05, 0.1) is 25.8 Å². The van der Waals surface area contributed by atoms with Crippen molar-refractivity contribution < 1.29 is 14.3 Å². The van der Waals surface area contributed by atoms with Crippen LogP contribution in [0.5, 0.6) is 0 Å². The van der Waals surface area contributed by atoms with Gasteiger partial charge >= 0.3 is 0 Å². The van der Waals surface area contributed by atoms with Crippen molar-refractivity contribution in [3.63, 3.8) is 0 Å². The van der Waals surface area contributed by atoms with Crippen LogP contribution in [0.2, 0.25) is 0 Å². The van der Waals surface area contributed by atoms with Crippen LogP contribution >= 0.6 is 0 Å². The minimum atomic E-state index is -0.377. The molecule has 0 saturated carbocycles. The van der Waals surface area contributed by atoms with Crippen molar-refractivity contribution in [2.75, 3.05) is 32.8 Å². The lowest BCUT2D eigenvalue weighted by Crippen LogP contribution is -2.48. The SMILES string of the molecule is CC(C)Cc1ccc(C(C)NC(=O)CN2CCC3(CC2)OCCO3)cc1. The van der Waals surface area contributed by atoms with Gasteiger partial charge in [-0.25, -0.2) is 0 Å². The molecule has 1 aromatic carbocycles. The van der Waals surface area contributed by atoms with Crippen molar-refractivity contribution in [3.8, 4) is 0 Å². The van der Waals surface area contributed by atoms with Crippen molar-refractivity contribution in [2.24, 2.45) is 5.92 Å². The summed E-state index contributed by atoms with van der Waals surface area (Å²) in [6, 6.07) is 8.62. The predicted octanol–water partition coefficient (Wildman–Crippen LogP) is 2.90. The summed E-state index contributed by atoms with van der Waals surface area (Å²) in [4.78, 5) is 14.6. The quantitative estimate of drug-likeness (QED) is 0.847. The molecule has 1 aromatic rings. The number of carbonyl (C=O) groups excluding carboxylic acids is 1. The standard InChI is InChI=1S/C21H32N2O3/c1-16(2)14-18-4-6-19(7-5-18)17(3)22-20(24)15-23-10-8-21(9-11-23)25-12-13-26-21/h4-7,16-17H,8-15H2,1-3H3,(H,22,24). The highest BCUT2D eigenvalue weighted by molar-refractivity contribution is 5.78. The molecule has 26 heavy (non-hydrogen) atoms. The average Bonchev–Trinajstić information content (AvgIpc) is 3.05. The Morgan fingerprint density at radius 2 is 1.73 bits per heavy atom. The van der Waals surface area contributed by atoms with Gasteiger partial charge in [0.1, 0.15) is 0 Å². The molecule has 1 amide bonds. The second-order valence-electron chi connectivity index (χ2n) is 8.01. The van der Waals surface area contributed by atoms with E-state index in [4.69, 9.17) is 9.47 Å². The summed E-state index contributed by atoms with van der Waals surface area (Å²) in [6.45, 7) is 9.99. The van der Waals surface area contributed by atoms with Crippen LogP contribution in [0.3, 0.4) is 0 Å². The van der Waals surface area contributed by atoms with Crippen molar-refractivity contribution in [1.82, 2.24) is 10.2 Å². The van der Waals surface area contributed by atoms with E-state index in [-0.39, 0.29) is 17.7 Å². The Labute approximate surface area is 157 Å². The van der Waals surface area contributed by atoms with Crippen LogP contribution in [-0.2, 0) is 20.7 Å². The number of amides is 1. The molecule has 3 rings (SSSR count). The summed E-state index contributed by atoms with van der Waals surface area (Å²) < 4.78 is 11.5. The number of ether oxygens (including phenoxy) is 2. The summed E-state index contributed by atoms with van der Waals surface area (Å²) in [5.41, 5.74) is 2.50. The second-order valence-corrected chi connectivity index (χ2v) is 8.01. The lowest BCUT2D eigenvalue weighted by Gasteiger charge is -2.37. The third kappa shape index (κ3) is 5.06. The maximum Gasteiger partial charge on any atom is 0.234 e. The van der Waals surface area contributed by atoms with Crippen LogP contribution in [0.1, 0.15) is 50.8 Å². The average molecular weight is 360 g/mol. The Bertz CT molecular complexity index is 584. The number of hydrogen-bond acceptors (Lipinski definition) is 4. The Balaban J connectivity index is 1.44. The van der Waals surface area contributed by atoms with Gasteiger partial charge in [-0.3, -0.25) is 9.69 Å². The van der Waals surface area contributed by atoms with Crippen LogP contribution < -0.4 is 5.32 Å². The van der Waals surface area contributed by atoms with Gasteiger partial charge in [0.25, 0.3) is 0 Å². The number of rotatable bonds is 6. The molecule has 2 aliphatic heterocycles. The van der Waals surface area contributed by atoms with Gasteiger partial charge in [-0.2, -0.15) is 0 Å². The van der Waals surface area contributed by atoms with Crippen LogP contribution in [0.15, 0.2) is 24.3 Å². The van der Waals surface area contributed by atoms with Gasteiger partial charge < -0.3 is 14.8 Å². The Morgan fingerprint density at radius 3 is 2.31 bits per heavy atom. The number of nitrogens with one attached hydrogen (secondary N) is 1. The normalized spacial score (nSPS) is 21.2. The maximum atomic E-state index is 12.4. The Hall–Kier alpha value is -1.43. The van der Waals surface area contributed by atoms with Crippen molar-refractivity contribution in [2.45, 2.75) is 51.9 Å². The number of benzene rings is 1. The lowest BCUT2D eigenvalue weighted by molar-refractivity contribution is -0.185. The lowest BCUT2D eigenvalue weighted by atomic mass is 10.00. The van der Waals surface area contributed by atoms with E-state index in [2.05, 4.69) is 48.3 Å². The van der Waals surface area contributed by atoms with Gasteiger partial charge in [-0.05, 0) is 30.4 Å². The zero-order valence-corrected chi connectivity index (χ0v) is 16.3. The Morgan fingerprint density at radius 1 is 1.12 bits per heavy atom. The van der Waals surface area contributed by atoms with Gasteiger partial charge in [0.15, 0.2) is 5.79 Å². The monoisotopic (exact) mass is 360 g/mol. The minimum absolute atomic E-state index is 0.0215. The Kier molecular flexibility index (Phi) is 6.33. The van der Waals surface area contributed by atoms with E-state index in [1.165, 1.54) is 5.56 Å². The number of likely N-dealkylation sites (tertiary alicyclic amines) is 1. The molecule has 0 radical (unpaired) electrons. The van der Waals surface area contributed by atoms with Crippen LogP contribution in [0.4, 0.5) is 0 Å². The smallest absolute Gasteiger partial charge is 0.234 e. The van der Waals surface area contributed by atoms with E-state index < -0.39 is 0 Å². The summed E-state index contributed by atoms with van der Waals surface area (Å²) in [7, 11) is 0. The number of piperidine rings is 1. The zero-order valence-electron chi connectivity index (χ0n) is 16.3. The second kappa shape index (κ2) is 8.51. The highest BCUT2D eigenvalue weighted by Gasteiger charge is 2.39. The minimum Gasteiger partial charge on any atom is -0.348 e. The molecule has 2 heterocycles. The molecule has 2 saturated heterocycles. The van der Waals surface area contributed by atoms with Crippen LogP contribution in [-0.4, -0.2) is 49.4 Å². The van der Waals surface area contributed by atoms with E-state index in [9.17, 15) is 4.79 Å². The highest BCUT2D eigenvalue weighted by Crippen LogP contribution is 2.31. The molecule has 0 aromatic heterocycles. The third-order valence-electron chi connectivity index (χ3n) is 5.30. The molecular formula is C21H32N2O3. The van der Waals surface area contributed by atoms with E-state index in [0.717, 1.165) is 37.9 Å². The molecule has 0 aliphatic carbocycles. The molecular weight excluding hydrogens is 328 g/mol. The summed E-state index contributed by atoms with van der Waals surface area (Å²) in [5.74, 6) is 0.354. The molecule has 5 heteroatoms. The summed E-state index contributed by atoms with van der Waals surface area (Å²) in [5, 5.41) is 3.12. The van der Waals surface area contributed by atoms with Crippen LogP contribution in [0, 0.1) is 5.92 Å². The molecule has 144 valence electrons. The number of nitrogens with zero attached hydrogens (tertiary/aromatic N) is 1. The van der Waals surface area contributed by atoms with Gasteiger partial charge in [-0.15, -0.1) is 0 Å². The van der Waals surface area contributed by atoms with Crippen molar-refractivity contribution >= 4 is 5.91 Å². The summed E-state index contributed by atoms with van der Waals surface area (Å²) in [6.07, 6.45) is 2.77. The van der Waals surface area contributed by atoms with E-state index in [0.29, 0.717) is 25.7 Å². The molecule has 2 aliphatic rings. The molecule has 1 spiro atoms.